The van der Waals surface area contributed by atoms with E-state index in [2.05, 4.69) is 10.3 Å². The van der Waals surface area contributed by atoms with Gasteiger partial charge in [0.2, 0.25) is 5.91 Å². The van der Waals surface area contributed by atoms with Crippen LogP contribution in [0.25, 0.3) is 0 Å². The second-order valence-electron chi connectivity index (χ2n) is 4.70. The fourth-order valence-electron chi connectivity index (χ4n) is 2.19. The van der Waals surface area contributed by atoms with E-state index in [0.29, 0.717) is 11.6 Å². The number of rotatable bonds is 3. The molecule has 1 aliphatic rings. The molecule has 0 saturated carbocycles. The number of nitrogens with zero attached hydrogens (tertiary/aromatic N) is 1. The maximum absolute atomic E-state index is 11.9. The molecule has 0 saturated heterocycles. The first-order valence-corrected chi connectivity index (χ1v) is 7.96. The number of amides is 1. The lowest BCUT2D eigenvalue weighted by Gasteiger charge is -2.15. The molecule has 1 atom stereocenters. The Labute approximate surface area is 119 Å². The molecule has 100 valence electrons. The number of fused-ring (bicyclic) bond motifs is 1. The van der Waals surface area contributed by atoms with Crippen LogP contribution in [0.15, 0.2) is 17.5 Å². The van der Waals surface area contributed by atoms with Crippen LogP contribution in [0, 0.1) is 0 Å². The summed E-state index contributed by atoms with van der Waals surface area (Å²) >= 11 is 3.16. The summed E-state index contributed by atoms with van der Waals surface area (Å²) in [6.07, 6.45) is 3.21. The van der Waals surface area contributed by atoms with Crippen LogP contribution < -0.4 is 11.1 Å². The Hall–Kier alpha value is -1.24. The molecule has 19 heavy (non-hydrogen) atoms. The predicted octanol–water partition coefficient (Wildman–Crippen LogP) is 2.20. The van der Waals surface area contributed by atoms with Crippen molar-refractivity contribution in [1.82, 2.24) is 4.98 Å². The maximum Gasteiger partial charge on any atom is 0.231 e. The Morgan fingerprint density at radius 2 is 2.47 bits per heavy atom. The van der Waals surface area contributed by atoms with Gasteiger partial charge in [-0.3, -0.25) is 4.79 Å². The fourth-order valence-corrected chi connectivity index (χ4v) is 4.01. The lowest BCUT2D eigenvalue weighted by Crippen LogP contribution is -2.27. The Morgan fingerprint density at radius 1 is 1.58 bits per heavy atom. The average molecular weight is 293 g/mol. The largest absolute Gasteiger partial charge is 0.327 e. The summed E-state index contributed by atoms with van der Waals surface area (Å²) < 4.78 is 0. The van der Waals surface area contributed by atoms with Crippen molar-refractivity contribution < 1.29 is 4.79 Å². The van der Waals surface area contributed by atoms with Crippen molar-refractivity contribution >= 4 is 33.7 Å². The summed E-state index contributed by atoms with van der Waals surface area (Å²) in [6, 6.07) is 4.16. The summed E-state index contributed by atoms with van der Waals surface area (Å²) in [5.41, 5.74) is 7.05. The number of hydrogen-bond donors (Lipinski definition) is 2. The molecule has 0 fully saturated rings. The zero-order valence-corrected chi connectivity index (χ0v) is 12.0. The maximum atomic E-state index is 11.9. The highest BCUT2D eigenvalue weighted by atomic mass is 32.1. The molecule has 6 heteroatoms. The monoisotopic (exact) mass is 293 g/mol. The molecule has 0 spiro atoms. The number of thiophene rings is 1. The Balaban J connectivity index is 1.65. The molecule has 0 aliphatic heterocycles. The first-order chi connectivity index (χ1) is 9.20. The number of carbonyl (C=O) groups is 1. The van der Waals surface area contributed by atoms with Crippen LogP contribution in [-0.2, 0) is 24.1 Å². The Bertz CT molecular complexity index is 577. The molecule has 3 rings (SSSR count). The van der Waals surface area contributed by atoms with Gasteiger partial charge in [-0.1, -0.05) is 6.07 Å². The van der Waals surface area contributed by atoms with Crippen LogP contribution in [0.1, 0.15) is 21.9 Å². The third-order valence-corrected chi connectivity index (χ3v) is 5.05. The van der Waals surface area contributed by atoms with Crippen molar-refractivity contribution in [3.05, 3.63) is 33.0 Å². The molecule has 0 bridgehead atoms. The van der Waals surface area contributed by atoms with Crippen LogP contribution in [0.3, 0.4) is 0 Å². The average Bonchev–Trinajstić information content (AvgIpc) is 2.97. The van der Waals surface area contributed by atoms with Gasteiger partial charge >= 0.3 is 0 Å². The topological polar surface area (TPSA) is 68.0 Å². The van der Waals surface area contributed by atoms with Crippen molar-refractivity contribution in [2.45, 2.75) is 31.7 Å². The molecule has 0 aromatic carbocycles. The highest BCUT2D eigenvalue weighted by molar-refractivity contribution is 7.16. The van der Waals surface area contributed by atoms with Crippen molar-refractivity contribution in [1.29, 1.82) is 0 Å². The quantitative estimate of drug-likeness (QED) is 0.911. The number of aromatic nitrogens is 1. The van der Waals surface area contributed by atoms with E-state index in [9.17, 15) is 4.79 Å². The number of nitrogens with two attached hydrogens (primary N) is 1. The summed E-state index contributed by atoms with van der Waals surface area (Å²) in [6.45, 7) is 0. The summed E-state index contributed by atoms with van der Waals surface area (Å²) in [5.74, 6) is -0.00199. The molecule has 1 amide bonds. The van der Waals surface area contributed by atoms with Crippen molar-refractivity contribution in [3.63, 3.8) is 0 Å². The normalized spacial score (nSPS) is 18.1. The van der Waals surface area contributed by atoms with Crippen molar-refractivity contribution in [2.24, 2.45) is 5.73 Å². The van der Waals surface area contributed by atoms with Gasteiger partial charge in [-0.15, -0.1) is 22.7 Å². The van der Waals surface area contributed by atoms with Gasteiger partial charge < -0.3 is 11.1 Å². The number of carbonyl (C=O) groups excluding carboxylic acids is 1. The second-order valence-corrected chi connectivity index (χ2v) is 6.81. The Kier molecular flexibility index (Phi) is 3.63. The van der Waals surface area contributed by atoms with Crippen LogP contribution in [0.5, 0.6) is 0 Å². The van der Waals surface area contributed by atoms with E-state index in [-0.39, 0.29) is 11.9 Å². The first kappa shape index (κ1) is 12.8. The van der Waals surface area contributed by atoms with Crippen molar-refractivity contribution in [2.75, 3.05) is 5.32 Å². The number of nitrogens with one attached hydrogen (secondary N) is 1. The first-order valence-electron chi connectivity index (χ1n) is 6.27. The van der Waals surface area contributed by atoms with Gasteiger partial charge in [0.25, 0.3) is 0 Å². The minimum absolute atomic E-state index is 0.00199. The summed E-state index contributed by atoms with van der Waals surface area (Å²) in [5, 5.41) is 5.57. The van der Waals surface area contributed by atoms with E-state index in [1.807, 2.05) is 17.5 Å². The van der Waals surface area contributed by atoms with Gasteiger partial charge in [0, 0.05) is 15.8 Å². The lowest BCUT2D eigenvalue weighted by molar-refractivity contribution is -0.115. The fraction of sp³-hybridized carbons (Fsp3) is 0.385. The minimum atomic E-state index is -0.00199. The van der Waals surface area contributed by atoms with Gasteiger partial charge in [-0.25, -0.2) is 4.98 Å². The van der Waals surface area contributed by atoms with Crippen LogP contribution in [0.4, 0.5) is 5.13 Å². The molecule has 2 heterocycles. The SMILES string of the molecule is N[C@H]1CCc2nc(NC(=O)Cc3cccs3)sc2C1. The van der Waals surface area contributed by atoms with E-state index in [1.54, 1.807) is 22.7 Å². The molecular formula is C13H15N3OS2. The lowest BCUT2D eigenvalue weighted by atomic mass is 9.99. The smallest absolute Gasteiger partial charge is 0.231 e. The van der Waals surface area contributed by atoms with Crippen LogP contribution in [0.2, 0.25) is 0 Å². The number of thiazole rings is 1. The van der Waals surface area contributed by atoms with Crippen LogP contribution >= 0.6 is 22.7 Å². The van der Waals surface area contributed by atoms with Crippen molar-refractivity contribution in [3.8, 4) is 0 Å². The van der Waals surface area contributed by atoms with E-state index in [1.165, 1.54) is 4.88 Å². The van der Waals surface area contributed by atoms with E-state index >= 15 is 0 Å². The zero-order chi connectivity index (χ0) is 13.2. The highest BCUT2D eigenvalue weighted by Crippen LogP contribution is 2.29. The summed E-state index contributed by atoms with van der Waals surface area (Å²) in [7, 11) is 0. The van der Waals surface area contributed by atoms with E-state index < -0.39 is 0 Å². The molecule has 1 aliphatic carbocycles. The van der Waals surface area contributed by atoms with Gasteiger partial charge in [0.15, 0.2) is 5.13 Å². The second kappa shape index (κ2) is 5.40. The molecule has 2 aromatic rings. The molecule has 0 unspecified atom stereocenters. The number of hydrogen-bond acceptors (Lipinski definition) is 5. The third-order valence-electron chi connectivity index (χ3n) is 3.14. The van der Waals surface area contributed by atoms with Gasteiger partial charge in [0.05, 0.1) is 12.1 Å². The molecule has 0 radical (unpaired) electrons. The van der Waals surface area contributed by atoms with E-state index in [0.717, 1.165) is 29.8 Å². The van der Waals surface area contributed by atoms with Gasteiger partial charge in [0.1, 0.15) is 0 Å². The van der Waals surface area contributed by atoms with Gasteiger partial charge in [-0.2, -0.15) is 0 Å². The minimum Gasteiger partial charge on any atom is -0.327 e. The highest BCUT2D eigenvalue weighted by Gasteiger charge is 2.20. The predicted molar refractivity (Wildman–Crippen MR) is 78.8 cm³/mol. The van der Waals surface area contributed by atoms with E-state index in [4.69, 9.17) is 5.73 Å². The third kappa shape index (κ3) is 3.02. The number of aryl methyl sites for hydroxylation is 1. The number of anilines is 1. The molecule has 4 nitrogen and oxygen atoms in total. The van der Waals surface area contributed by atoms with Gasteiger partial charge in [-0.05, 0) is 30.7 Å². The molecular weight excluding hydrogens is 278 g/mol. The Morgan fingerprint density at radius 3 is 3.26 bits per heavy atom. The standard InChI is InChI=1S/C13H15N3OS2/c14-8-3-4-10-11(6-8)19-13(15-10)16-12(17)7-9-2-1-5-18-9/h1-2,5,8H,3-4,6-7,14H2,(H,15,16,17)/t8-/m0/s1. The molecule has 2 aromatic heterocycles. The summed E-state index contributed by atoms with van der Waals surface area (Å²) in [4.78, 5) is 18.7. The van der Waals surface area contributed by atoms with Crippen LogP contribution in [-0.4, -0.2) is 16.9 Å². The molecule has 3 N–H and O–H groups in total. The zero-order valence-electron chi connectivity index (χ0n) is 10.4.